The van der Waals surface area contributed by atoms with Crippen LogP contribution < -0.4 is 10.6 Å². The highest BCUT2D eigenvalue weighted by Gasteiger charge is 2.13. The van der Waals surface area contributed by atoms with Crippen LogP contribution in [0.5, 0.6) is 0 Å². The van der Waals surface area contributed by atoms with E-state index in [-0.39, 0.29) is 0 Å². The summed E-state index contributed by atoms with van der Waals surface area (Å²) in [5, 5.41) is 4.47. The molecule has 0 saturated heterocycles. The smallest absolute Gasteiger partial charge is 0.174 e. The molecular formula is C11H16N4. The van der Waals surface area contributed by atoms with Crippen molar-refractivity contribution in [2.24, 2.45) is 0 Å². The molecule has 2 N–H and O–H groups in total. The first-order valence-corrected chi connectivity index (χ1v) is 5.25. The Bertz CT molecular complexity index is 457. The van der Waals surface area contributed by atoms with E-state index in [1.165, 1.54) is 0 Å². The largest absolute Gasteiger partial charge is 0.394 e. The molecule has 0 fully saturated rings. The highest BCUT2D eigenvalue weighted by molar-refractivity contribution is 5.81. The van der Waals surface area contributed by atoms with Crippen molar-refractivity contribution in [2.75, 3.05) is 23.7 Å². The van der Waals surface area contributed by atoms with Crippen LogP contribution in [0, 0.1) is 0 Å². The van der Waals surface area contributed by atoms with Crippen molar-refractivity contribution in [1.82, 2.24) is 9.61 Å². The first-order valence-electron chi connectivity index (χ1n) is 5.25. The molecule has 0 aromatic carbocycles. The van der Waals surface area contributed by atoms with Crippen LogP contribution in [0.4, 0.5) is 11.5 Å². The second kappa shape index (κ2) is 3.81. The van der Waals surface area contributed by atoms with Crippen molar-refractivity contribution in [2.45, 2.75) is 13.8 Å². The molecule has 0 aliphatic carbocycles. The van der Waals surface area contributed by atoms with Gasteiger partial charge in [-0.2, -0.15) is 0 Å². The van der Waals surface area contributed by atoms with Crippen molar-refractivity contribution < 1.29 is 0 Å². The molecule has 0 spiro atoms. The zero-order chi connectivity index (χ0) is 10.8. The summed E-state index contributed by atoms with van der Waals surface area (Å²) < 4.78 is 1.82. The Hall–Kier alpha value is -1.71. The molecular weight excluding hydrogens is 188 g/mol. The molecule has 2 aromatic heterocycles. The monoisotopic (exact) mass is 204 g/mol. The van der Waals surface area contributed by atoms with Crippen molar-refractivity contribution in [3.63, 3.8) is 0 Å². The van der Waals surface area contributed by atoms with Gasteiger partial charge in [-0.25, -0.2) is 4.52 Å². The van der Waals surface area contributed by atoms with Gasteiger partial charge in [-0.3, -0.25) is 0 Å². The number of hydrogen-bond acceptors (Lipinski definition) is 3. The van der Waals surface area contributed by atoms with Crippen LogP contribution in [0.3, 0.4) is 0 Å². The minimum atomic E-state index is 0.763. The average molecular weight is 204 g/mol. The average Bonchev–Trinajstić information content (AvgIpc) is 2.60. The summed E-state index contributed by atoms with van der Waals surface area (Å²) in [7, 11) is 0. The summed E-state index contributed by atoms with van der Waals surface area (Å²) >= 11 is 0. The molecule has 0 amide bonds. The molecule has 80 valence electrons. The number of rotatable bonds is 3. The molecule has 0 atom stereocenters. The molecule has 0 saturated carbocycles. The van der Waals surface area contributed by atoms with Gasteiger partial charge in [0.1, 0.15) is 5.69 Å². The van der Waals surface area contributed by atoms with Crippen LogP contribution in [0.15, 0.2) is 24.4 Å². The van der Waals surface area contributed by atoms with Gasteiger partial charge >= 0.3 is 0 Å². The maximum absolute atomic E-state index is 6.07. The minimum absolute atomic E-state index is 0.763. The lowest BCUT2D eigenvalue weighted by atomic mass is 10.3. The Morgan fingerprint density at radius 2 is 2.07 bits per heavy atom. The number of nitrogens with zero attached hydrogens (tertiary/aromatic N) is 3. The number of hydrogen-bond donors (Lipinski definition) is 1. The number of fused-ring (bicyclic) bond motifs is 1. The maximum atomic E-state index is 6.07. The van der Waals surface area contributed by atoms with Crippen LogP contribution in [0.1, 0.15) is 13.8 Å². The zero-order valence-corrected chi connectivity index (χ0v) is 9.14. The lowest BCUT2D eigenvalue weighted by Gasteiger charge is -2.17. The van der Waals surface area contributed by atoms with Crippen LogP contribution in [0.2, 0.25) is 0 Å². The molecule has 0 aliphatic rings. The molecule has 0 radical (unpaired) electrons. The third-order valence-electron chi connectivity index (χ3n) is 2.62. The quantitative estimate of drug-likeness (QED) is 0.828. The van der Waals surface area contributed by atoms with Crippen LogP contribution in [-0.4, -0.2) is 22.7 Å². The number of pyridine rings is 1. The third kappa shape index (κ3) is 1.52. The normalized spacial score (nSPS) is 10.8. The molecule has 4 heteroatoms. The minimum Gasteiger partial charge on any atom is -0.394 e. The summed E-state index contributed by atoms with van der Waals surface area (Å²) in [6.07, 6.45) is 1.92. The Labute approximate surface area is 89.3 Å². The van der Waals surface area contributed by atoms with E-state index in [1.807, 2.05) is 28.9 Å². The number of aromatic nitrogens is 2. The van der Waals surface area contributed by atoms with Gasteiger partial charge in [0.2, 0.25) is 0 Å². The summed E-state index contributed by atoms with van der Waals surface area (Å²) in [6, 6.07) is 5.90. The Kier molecular flexibility index (Phi) is 2.49. The number of anilines is 2. The topological polar surface area (TPSA) is 46.6 Å². The fourth-order valence-corrected chi connectivity index (χ4v) is 1.76. The standard InChI is InChI=1S/C11H16N4/c1-3-14(4-2)11-10(12)9-7-5-6-8-15(9)13-11/h5-8H,3-4,12H2,1-2H3. The van der Waals surface area contributed by atoms with E-state index < -0.39 is 0 Å². The van der Waals surface area contributed by atoms with Crippen LogP contribution >= 0.6 is 0 Å². The molecule has 0 bridgehead atoms. The highest BCUT2D eigenvalue weighted by atomic mass is 15.3. The number of nitrogens with two attached hydrogens (primary N) is 1. The second-order valence-electron chi connectivity index (χ2n) is 3.44. The van der Waals surface area contributed by atoms with E-state index in [0.717, 1.165) is 30.1 Å². The summed E-state index contributed by atoms with van der Waals surface area (Å²) in [5.74, 6) is 0.881. The van der Waals surface area contributed by atoms with Gasteiger partial charge in [0.15, 0.2) is 5.82 Å². The zero-order valence-electron chi connectivity index (χ0n) is 9.14. The van der Waals surface area contributed by atoms with Crippen molar-refractivity contribution in [3.8, 4) is 0 Å². The fourth-order valence-electron chi connectivity index (χ4n) is 1.76. The Balaban J connectivity index is 2.57. The highest BCUT2D eigenvalue weighted by Crippen LogP contribution is 2.25. The van der Waals surface area contributed by atoms with E-state index in [2.05, 4.69) is 23.8 Å². The SMILES string of the molecule is CCN(CC)c1nn2ccccc2c1N. The Morgan fingerprint density at radius 3 is 2.67 bits per heavy atom. The van der Waals surface area contributed by atoms with Crippen LogP contribution in [0.25, 0.3) is 5.52 Å². The van der Waals surface area contributed by atoms with Gasteiger partial charge in [-0.1, -0.05) is 6.07 Å². The van der Waals surface area contributed by atoms with E-state index >= 15 is 0 Å². The summed E-state index contributed by atoms with van der Waals surface area (Å²) in [4.78, 5) is 2.16. The van der Waals surface area contributed by atoms with E-state index in [0.29, 0.717) is 0 Å². The van der Waals surface area contributed by atoms with Gasteiger partial charge in [0.05, 0.1) is 5.52 Å². The van der Waals surface area contributed by atoms with E-state index in [4.69, 9.17) is 5.73 Å². The predicted octanol–water partition coefficient (Wildman–Crippen LogP) is 1.76. The van der Waals surface area contributed by atoms with E-state index in [1.54, 1.807) is 0 Å². The molecule has 0 unspecified atom stereocenters. The molecule has 2 heterocycles. The second-order valence-corrected chi connectivity index (χ2v) is 3.44. The summed E-state index contributed by atoms with van der Waals surface area (Å²) in [5.41, 5.74) is 7.80. The molecule has 2 aromatic rings. The first-order chi connectivity index (χ1) is 7.27. The number of nitrogen functional groups attached to an aromatic ring is 1. The van der Waals surface area contributed by atoms with Gasteiger partial charge in [0.25, 0.3) is 0 Å². The van der Waals surface area contributed by atoms with Crippen molar-refractivity contribution >= 4 is 17.0 Å². The van der Waals surface area contributed by atoms with Gasteiger partial charge in [0, 0.05) is 19.3 Å². The maximum Gasteiger partial charge on any atom is 0.174 e. The van der Waals surface area contributed by atoms with Gasteiger partial charge in [-0.05, 0) is 26.0 Å². The fraction of sp³-hybridized carbons (Fsp3) is 0.364. The van der Waals surface area contributed by atoms with Crippen molar-refractivity contribution in [1.29, 1.82) is 0 Å². The molecule has 15 heavy (non-hydrogen) atoms. The molecule has 0 aliphatic heterocycles. The molecule has 4 nitrogen and oxygen atoms in total. The van der Waals surface area contributed by atoms with Crippen LogP contribution in [-0.2, 0) is 0 Å². The lowest BCUT2D eigenvalue weighted by Crippen LogP contribution is -2.23. The lowest BCUT2D eigenvalue weighted by molar-refractivity contribution is 0.825. The first kappa shape index (κ1) is 9.83. The van der Waals surface area contributed by atoms with E-state index in [9.17, 15) is 0 Å². The third-order valence-corrected chi connectivity index (χ3v) is 2.62. The van der Waals surface area contributed by atoms with Crippen molar-refractivity contribution in [3.05, 3.63) is 24.4 Å². The molecule has 2 rings (SSSR count). The van der Waals surface area contributed by atoms with Gasteiger partial charge in [-0.15, -0.1) is 5.10 Å². The summed E-state index contributed by atoms with van der Waals surface area (Å²) in [6.45, 7) is 6.05. The Morgan fingerprint density at radius 1 is 1.33 bits per heavy atom. The van der Waals surface area contributed by atoms with Gasteiger partial charge < -0.3 is 10.6 Å². The predicted molar refractivity (Wildman–Crippen MR) is 63.2 cm³/mol.